The van der Waals surface area contributed by atoms with E-state index in [1.165, 1.54) is 43.9 Å². The lowest BCUT2D eigenvalue weighted by atomic mass is 9.87. The Morgan fingerprint density at radius 3 is 2.79 bits per heavy atom. The van der Waals surface area contributed by atoms with E-state index in [0.29, 0.717) is 31.3 Å². The molecule has 2 N–H and O–H groups in total. The van der Waals surface area contributed by atoms with Gasteiger partial charge >= 0.3 is 0 Å². The van der Waals surface area contributed by atoms with E-state index in [0.717, 1.165) is 28.6 Å². The molecule has 0 aliphatic heterocycles. The van der Waals surface area contributed by atoms with Crippen LogP contribution in [0.15, 0.2) is 11.4 Å². The van der Waals surface area contributed by atoms with Gasteiger partial charge in [0.05, 0.1) is 18.1 Å². The Morgan fingerprint density at radius 1 is 1.29 bits per heavy atom. The molecule has 1 fully saturated rings. The van der Waals surface area contributed by atoms with Crippen LogP contribution in [-0.2, 0) is 11.3 Å². The lowest BCUT2D eigenvalue weighted by Gasteiger charge is -2.20. The first-order valence-electron chi connectivity index (χ1n) is 10.3. The number of hydrogen-bond acceptors (Lipinski definition) is 6. The van der Waals surface area contributed by atoms with E-state index in [1.807, 2.05) is 17.1 Å². The summed E-state index contributed by atoms with van der Waals surface area (Å²) < 4.78 is 1.86. The minimum absolute atomic E-state index is 0.155. The molecular formula is C20H32N6OS. The number of rotatable bonds is 9. The number of hydrogen-bond donors (Lipinski definition) is 2. The second kappa shape index (κ2) is 10.1. The minimum Gasteiger partial charge on any atom is -0.369 e. The van der Waals surface area contributed by atoms with Crippen LogP contribution in [0, 0.1) is 11.8 Å². The molecule has 0 unspecified atom stereocenters. The largest absolute Gasteiger partial charge is 0.369 e. The molecule has 7 nitrogen and oxygen atoms in total. The molecule has 1 amide bonds. The van der Waals surface area contributed by atoms with Crippen molar-refractivity contribution in [2.24, 2.45) is 11.8 Å². The summed E-state index contributed by atoms with van der Waals surface area (Å²) in [5, 5.41) is 12.6. The van der Waals surface area contributed by atoms with Gasteiger partial charge in [0.15, 0.2) is 10.8 Å². The van der Waals surface area contributed by atoms with Crippen LogP contribution in [0.2, 0.25) is 0 Å². The highest BCUT2D eigenvalue weighted by molar-refractivity contribution is 7.98. The molecule has 0 spiro atoms. The summed E-state index contributed by atoms with van der Waals surface area (Å²) in [6, 6.07) is 0. The van der Waals surface area contributed by atoms with E-state index in [9.17, 15) is 4.79 Å². The van der Waals surface area contributed by atoms with Crippen LogP contribution >= 0.6 is 11.8 Å². The second-order valence-electron chi connectivity index (χ2n) is 8.00. The normalized spacial score (nSPS) is 15.3. The summed E-state index contributed by atoms with van der Waals surface area (Å²) >= 11 is 1.52. The van der Waals surface area contributed by atoms with Crippen molar-refractivity contribution in [3.05, 3.63) is 6.20 Å². The summed E-state index contributed by atoms with van der Waals surface area (Å²) in [6.07, 6.45) is 10.7. The molecule has 2 aromatic rings. The Kier molecular flexibility index (Phi) is 7.53. The number of thioether (sulfide) groups is 1. The van der Waals surface area contributed by atoms with Crippen LogP contribution in [0.3, 0.4) is 0 Å². The summed E-state index contributed by atoms with van der Waals surface area (Å²) in [6.45, 7) is 6.35. The fraction of sp³-hybridized carbons (Fsp3) is 0.700. The zero-order valence-corrected chi connectivity index (χ0v) is 18.0. The van der Waals surface area contributed by atoms with E-state index in [-0.39, 0.29) is 5.91 Å². The highest BCUT2D eigenvalue weighted by Crippen LogP contribution is 2.26. The van der Waals surface area contributed by atoms with Gasteiger partial charge in [-0.1, -0.05) is 44.9 Å². The smallest absolute Gasteiger partial charge is 0.220 e. The van der Waals surface area contributed by atoms with Gasteiger partial charge in [-0.3, -0.25) is 4.79 Å². The van der Waals surface area contributed by atoms with Crippen molar-refractivity contribution in [2.75, 3.05) is 24.7 Å². The number of nitrogens with one attached hydrogen (secondary N) is 2. The molecule has 2 heterocycles. The van der Waals surface area contributed by atoms with Gasteiger partial charge in [0.2, 0.25) is 5.91 Å². The molecular weight excluding hydrogens is 372 g/mol. The van der Waals surface area contributed by atoms with Gasteiger partial charge in [0, 0.05) is 19.5 Å². The number of nitrogens with zero attached hydrogens (tertiary/aromatic N) is 4. The highest BCUT2D eigenvalue weighted by Gasteiger charge is 2.17. The van der Waals surface area contributed by atoms with Crippen molar-refractivity contribution in [3.63, 3.8) is 0 Å². The lowest BCUT2D eigenvalue weighted by Crippen LogP contribution is -2.29. The maximum atomic E-state index is 12.2. The topological polar surface area (TPSA) is 84.7 Å². The first kappa shape index (κ1) is 20.9. The van der Waals surface area contributed by atoms with Crippen LogP contribution in [0.5, 0.6) is 0 Å². The van der Waals surface area contributed by atoms with Crippen LogP contribution < -0.4 is 10.6 Å². The number of aromatic nitrogens is 4. The summed E-state index contributed by atoms with van der Waals surface area (Å²) in [5.41, 5.74) is 0.812. The third kappa shape index (κ3) is 5.59. The average Bonchev–Trinajstić information content (AvgIpc) is 3.09. The molecule has 1 aliphatic carbocycles. The van der Waals surface area contributed by atoms with Crippen molar-refractivity contribution in [1.29, 1.82) is 0 Å². The molecule has 0 saturated heterocycles. The van der Waals surface area contributed by atoms with Crippen molar-refractivity contribution in [2.45, 2.75) is 64.1 Å². The monoisotopic (exact) mass is 404 g/mol. The molecule has 0 radical (unpaired) electrons. The van der Waals surface area contributed by atoms with Crippen LogP contribution in [-0.4, -0.2) is 45.0 Å². The minimum atomic E-state index is 0.155. The van der Waals surface area contributed by atoms with Gasteiger partial charge in [-0.25, -0.2) is 14.6 Å². The summed E-state index contributed by atoms with van der Waals surface area (Å²) in [7, 11) is 0. The molecule has 8 heteroatoms. The molecule has 0 aromatic carbocycles. The predicted molar refractivity (Wildman–Crippen MR) is 115 cm³/mol. The standard InChI is InChI=1S/C20H32N6OS/c1-14(2)12-22-18-16-13-23-26(19(16)25-20(24-18)28-3)10-9-21-17(27)11-15-7-5-4-6-8-15/h13-15H,4-12H2,1-3H3,(H,21,27)(H,22,24,25). The third-order valence-corrected chi connectivity index (χ3v) is 5.73. The van der Waals surface area contributed by atoms with Crippen LogP contribution in [0.25, 0.3) is 11.0 Å². The molecule has 1 aliphatic rings. The van der Waals surface area contributed by atoms with Gasteiger partial charge < -0.3 is 10.6 Å². The number of carbonyl (C=O) groups excluding carboxylic acids is 1. The van der Waals surface area contributed by atoms with Crippen molar-refractivity contribution in [1.82, 2.24) is 25.1 Å². The van der Waals surface area contributed by atoms with Crippen LogP contribution in [0.1, 0.15) is 52.4 Å². The van der Waals surface area contributed by atoms with E-state index >= 15 is 0 Å². The quantitative estimate of drug-likeness (QED) is 0.490. The van der Waals surface area contributed by atoms with Gasteiger partial charge in [-0.2, -0.15) is 5.10 Å². The van der Waals surface area contributed by atoms with E-state index in [2.05, 4.69) is 39.5 Å². The number of carbonyl (C=O) groups is 1. The molecule has 0 atom stereocenters. The fourth-order valence-electron chi connectivity index (χ4n) is 3.65. The predicted octanol–water partition coefficient (Wildman–Crippen LogP) is 3.70. The Balaban J connectivity index is 1.61. The second-order valence-corrected chi connectivity index (χ2v) is 8.77. The van der Waals surface area contributed by atoms with Gasteiger partial charge in [0.25, 0.3) is 0 Å². The maximum absolute atomic E-state index is 12.2. The fourth-order valence-corrected chi connectivity index (χ4v) is 4.01. The average molecular weight is 405 g/mol. The molecule has 1 saturated carbocycles. The molecule has 28 heavy (non-hydrogen) atoms. The number of amides is 1. The first-order chi connectivity index (χ1) is 13.6. The zero-order valence-electron chi connectivity index (χ0n) is 17.2. The van der Waals surface area contributed by atoms with Gasteiger partial charge in [0.1, 0.15) is 5.82 Å². The summed E-state index contributed by atoms with van der Waals surface area (Å²) in [4.78, 5) is 21.5. The van der Waals surface area contributed by atoms with E-state index in [1.54, 1.807) is 0 Å². The Hall–Kier alpha value is -1.83. The van der Waals surface area contributed by atoms with E-state index in [4.69, 9.17) is 0 Å². The molecule has 2 aromatic heterocycles. The Labute approximate surface area is 171 Å². The van der Waals surface area contributed by atoms with Crippen molar-refractivity contribution >= 4 is 34.5 Å². The zero-order chi connectivity index (χ0) is 19.9. The Morgan fingerprint density at radius 2 is 2.07 bits per heavy atom. The molecule has 0 bridgehead atoms. The third-order valence-electron chi connectivity index (χ3n) is 5.18. The maximum Gasteiger partial charge on any atom is 0.220 e. The lowest BCUT2D eigenvalue weighted by molar-refractivity contribution is -0.122. The number of anilines is 1. The first-order valence-corrected chi connectivity index (χ1v) is 11.6. The SMILES string of the molecule is CSc1nc(NCC(C)C)c2cnn(CCNC(=O)CC3CCCCC3)c2n1. The Bertz CT molecular complexity index is 784. The molecule has 154 valence electrons. The van der Waals surface area contributed by atoms with Gasteiger partial charge in [-0.05, 0) is 30.9 Å². The van der Waals surface area contributed by atoms with Gasteiger partial charge in [-0.15, -0.1) is 0 Å². The summed E-state index contributed by atoms with van der Waals surface area (Å²) in [5.74, 6) is 2.07. The van der Waals surface area contributed by atoms with Crippen molar-refractivity contribution in [3.8, 4) is 0 Å². The number of fused-ring (bicyclic) bond motifs is 1. The molecule has 3 rings (SSSR count). The van der Waals surface area contributed by atoms with Crippen molar-refractivity contribution < 1.29 is 4.79 Å². The van der Waals surface area contributed by atoms with Crippen LogP contribution in [0.4, 0.5) is 5.82 Å². The highest BCUT2D eigenvalue weighted by atomic mass is 32.2. The van der Waals surface area contributed by atoms with E-state index < -0.39 is 0 Å².